The molecule has 0 fully saturated rings. The molecule has 1 aromatic carbocycles. The lowest BCUT2D eigenvalue weighted by atomic mass is 10.3. The first-order valence-corrected chi connectivity index (χ1v) is 5.98. The number of nitrogens with one attached hydrogen (secondary N) is 1. The number of pyridine rings is 1. The first kappa shape index (κ1) is 12.5. The van der Waals surface area contributed by atoms with Crippen LogP contribution in [0.4, 0.5) is 17.2 Å². The topological polar surface area (TPSA) is 60.2 Å². The minimum absolute atomic E-state index is 0.572. The van der Waals surface area contributed by atoms with Crippen LogP contribution in [0.25, 0.3) is 0 Å². The molecule has 5 heteroatoms. The van der Waals surface area contributed by atoms with Crippen molar-refractivity contribution in [2.24, 2.45) is 0 Å². The van der Waals surface area contributed by atoms with Gasteiger partial charge in [0.2, 0.25) is 5.88 Å². The van der Waals surface area contributed by atoms with E-state index in [4.69, 9.17) is 22.1 Å². The highest BCUT2D eigenvalue weighted by Crippen LogP contribution is 2.27. The van der Waals surface area contributed by atoms with Gasteiger partial charge in [-0.25, -0.2) is 0 Å². The van der Waals surface area contributed by atoms with Gasteiger partial charge < -0.3 is 15.8 Å². The summed E-state index contributed by atoms with van der Waals surface area (Å²) in [6, 6.07) is 10.7. The summed E-state index contributed by atoms with van der Waals surface area (Å²) in [6.07, 6.45) is 0. The number of hydrogen-bond donors (Lipinski definition) is 2. The third-order valence-electron chi connectivity index (χ3n) is 2.27. The lowest BCUT2D eigenvalue weighted by Gasteiger charge is -2.09. The van der Waals surface area contributed by atoms with Crippen molar-refractivity contribution in [2.45, 2.75) is 6.92 Å². The maximum atomic E-state index is 6.07. The molecular weight excluding hydrogens is 250 g/mol. The van der Waals surface area contributed by atoms with E-state index in [1.165, 1.54) is 0 Å². The van der Waals surface area contributed by atoms with Gasteiger partial charge in [-0.1, -0.05) is 17.7 Å². The van der Waals surface area contributed by atoms with Crippen LogP contribution in [0.2, 0.25) is 5.02 Å². The number of nitrogens with zero attached hydrogens (tertiary/aromatic N) is 1. The van der Waals surface area contributed by atoms with Gasteiger partial charge >= 0.3 is 0 Å². The molecule has 18 heavy (non-hydrogen) atoms. The summed E-state index contributed by atoms with van der Waals surface area (Å²) < 4.78 is 5.33. The quantitative estimate of drug-likeness (QED) is 0.830. The molecule has 2 rings (SSSR count). The molecule has 3 N–H and O–H groups in total. The predicted molar refractivity (Wildman–Crippen MR) is 74.6 cm³/mol. The molecule has 0 atom stereocenters. The minimum atomic E-state index is 0.572. The maximum absolute atomic E-state index is 6.07. The number of anilines is 3. The van der Waals surface area contributed by atoms with Crippen LogP contribution in [-0.2, 0) is 0 Å². The molecule has 0 aliphatic rings. The summed E-state index contributed by atoms with van der Waals surface area (Å²) in [5, 5.41) is 3.70. The SMILES string of the molecule is CCOc1cccc(Nc2cc(N)ccc2Cl)n1. The molecule has 1 aromatic heterocycles. The molecule has 0 saturated heterocycles. The Morgan fingerprint density at radius 1 is 1.33 bits per heavy atom. The largest absolute Gasteiger partial charge is 0.478 e. The van der Waals surface area contributed by atoms with Crippen molar-refractivity contribution in [3.8, 4) is 5.88 Å². The van der Waals surface area contributed by atoms with Gasteiger partial charge in [0.25, 0.3) is 0 Å². The molecule has 0 bridgehead atoms. The first-order chi connectivity index (χ1) is 8.69. The second kappa shape index (κ2) is 5.60. The molecule has 4 nitrogen and oxygen atoms in total. The summed E-state index contributed by atoms with van der Waals surface area (Å²) in [4.78, 5) is 4.30. The number of halogens is 1. The summed E-state index contributed by atoms with van der Waals surface area (Å²) in [5.74, 6) is 1.23. The fraction of sp³-hybridized carbons (Fsp3) is 0.154. The Morgan fingerprint density at radius 3 is 2.94 bits per heavy atom. The van der Waals surface area contributed by atoms with Crippen LogP contribution in [0.1, 0.15) is 6.92 Å². The van der Waals surface area contributed by atoms with Crippen LogP contribution >= 0.6 is 11.6 Å². The van der Waals surface area contributed by atoms with Gasteiger partial charge in [0.05, 0.1) is 17.3 Å². The van der Waals surface area contributed by atoms with Gasteiger partial charge in [-0.05, 0) is 31.2 Å². The zero-order valence-corrected chi connectivity index (χ0v) is 10.7. The molecule has 0 spiro atoms. The van der Waals surface area contributed by atoms with Crippen molar-refractivity contribution >= 4 is 28.8 Å². The normalized spacial score (nSPS) is 10.1. The molecule has 0 unspecified atom stereocenters. The Kier molecular flexibility index (Phi) is 3.89. The number of nitrogens with two attached hydrogens (primary N) is 1. The molecule has 0 saturated carbocycles. The minimum Gasteiger partial charge on any atom is -0.478 e. The van der Waals surface area contributed by atoms with E-state index >= 15 is 0 Å². The van der Waals surface area contributed by atoms with E-state index in [9.17, 15) is 0 Å². The zero-order chi connectivity index (χ0) is 13.0. The van der Waals surface area contributed by atoms with Crippen LogP contribution < -0.4 is 15.8 Å². The van der Waals surface area contributed by atoms with Crippen LogP contribution in [0.5, 0.6) is 5.88 Å². The van der Waals surface area contributed by atoms with Crippen LogP contribution in [-0.4, -0.2) is 11.6 Å². The van der Waals surface area contributed by atoms with E-state index in [2.05, 4.69) is 10.3 Å². The molecule has 0 aliphatic carbocycles. The van der Waals surface area contributed by atoms with Gasteiger partial charge in [0.15, 0.2) is 0 Å². The zero-order valence-electron chi connectivity index (χ0n) is 9.98. The maximum Gasteiger partial charge on any atom is 0.215 e. The molecule has 94 valence electrons. The highest BCUT2D eigenvalue weighted by molar-refractivity contribution is 6.33. The average molecular weight is 264 g/mol. The van der Waals surface area contributed by atoms with Gasteiger partial charge in [-0.15, -0.1) is 0 Å². The van der Waals surface area contributed by atoms with Crippen molar-refractivity contribution in [1.29, 1.82) is 0 Å². The summed E-state index contributed by atoms with van der Waals surface area (Å²) in [6.45, 7) is 2.49. The fourth-order valence-corrected chi connectivity index (χ4v) is 1.65. The smallest absolute Gasteiger partial charge is 0.215 e. The Balaban J connectivity index is 2.22. The van der Waals surface area contributed by atoms with Crippen molar-refractivity contribution in [1.82, 2.24) is 4.98 Å². The van der Waals surface area contributed by atoms with Crippen molar-refractivity contribution < 1.29 is 4.74 Å². The summed E-state index contributed by atoms with van der Waals surface area (Å²) >= 11 is 6.07. The van der Waals surface area contributed by atoms with Gasteiger partial charge in [0.1, 0.15) is 5.82 Å². The van der Waals surface area contributed by atoms with E-state index in [1.807, 2.05) is 19.1 Å². The van der Waals surface area contributed by atoms with Crippen molar-refractivity contribution in [3.05, 3.63) is 41.4 Å². The first-order valence-electron chi connectivity index (χ1n) is 5.61. The predicted octanol–water partition coefficient (Wildman–Crippen LogP) is 3.46. The summed E-state index contributed by atoms with van der Waals surface area (Å²) in [7, 11) is 0. The number of hydrogen-bond acceptors (Lipinski definition) is 4. The number of benzene rings is 1. The molecule has 0 radical (unpaired) electrons. The number of aromatic nitrogens is 1. The highest BCUT2D eigenvalue weighted by atomic mass is 35.5. The van der Waals surface area contributed by atoms with Gasteiger partial charge in [-0.2, -0.15) is 4.98 Å². The third kappa shape index (κ3) is 3.05. The van der Waals surface area contributed by atoms with E-state index < -0.39 is 0 Å². The summed E-state index contributed by atoms with van der Waals surface area (Å²) in [5.41, 5.74) is 7.08. The Hall–Kier alpha value is -1.94. The molecular formula is C13H14ClN3O. The van der Waals surface area contributed by atoms with E-state index in [0.717, 1.165) is 5.69 Å². The monoisotopic (exact) mass is 263 g/mol. The van der Waals surface area contributed by atoms with E-state index in [0.29, 0.717) is 29.0 Å². The molecule has 2 aromatic rings. The molecule has 0 amide bonds. The van der Waals surface area contributed by atoms with E-state index in [-0.39, 0.29) is 0 Å². The molecule has 0 aliphatic heterocycles. The second-order valence-corrected chi connectivity index (χ2v) is 4.07. The second-order valence-electron chi connectivity index (χ2n) is 3.66. The fourth-order valence-electron chi connectivity index (χ4n) is 1.49. The van der Waals surface area contributed by atoms with Gasteiger partial charge in [0, 0.05) is 11.8 Å². The average Bonchev–Trinajstić information content (AvgIpc) is 2.35. The highest BCUT2D eigenvalue weighted by Gasteiger charge is 2.03. The third-order valence-corrected chi connectivity index (χ3v) is 2.60. The van der Waals surface area contributed by atoms with Crippen molar-refractivity contribution in [3.63, 3.8) is 0 Å². The standard InChI is InChI=1S/C13H14ClN3O/c1-2-18-13-5-3-4-12(17-13)16-11-8-9(15)6-7-10(11)14/h3-8H,2,15H2,1H3,(H,16,17). The van der Waals surface area contributed by atoms with Gasteiger partial charge in [-0.3, -0.25) is 0 Å². The number of nitrogen functional groups attached to an aromatic ring is 1. The lowest BCUT2D eigenvalue weighted by molar-refractivity contribution is 0.327. The lowest BCUT2D eigenvalue weighted by Crippen LogP contribution is -1.99. The van der Waals surface area contributed by atoms with Crippen LogP contribution in [0, 0.1) is 0 Å². The Morgan fingerprint density at radius 2 is 2.17 bits per heavy atom. The number of ether oxygens (including phenoxy) is 1. The van der Waals surface area contributed by atoms with Crippen LogP contribution in [0.3, 0.4) is 0 Å². The van der Waals surface area contributed by atoms with Crippen LogP contribution in [0.15, 0.2) is 36.4 Å². The van der Waals surface area contributed by atoms with Crippen molar-refractivity contribution in [2.75, 3.05) is 17.7 Å². The Bertz CT molecular complexity index is 546. The molecule has 1 heterocycles. The Labute approximate surface area is 111 Å². The van der Waals surface area contributed by atoms with E-state index in [1.54, 1.807) is 24.3 Å². The number of rotatable bonds is 4.